The van der Waals surface area contributed by atoms with Crippen molar-refractivity contribution in [2.45, 2.75) is 37.3 Å². The highest BCUT2D eigenvalue weighted by molar-refractivity contribution is 9.10. The van der Waals surface area contributed by atoms with Gasteiger partial charge in [-0.25, -0.2) is 4.99 Å². The molecule has 4 rings (SSSR count). The molecular formula is C18H20BrN3O3S. The molecule has 0 aliphatic carbocycles. The Bertz CT molecular complexity index is 820. The van der Waals surface area contributed by atoms with E-state index in [0.29, 0.717) is 43.3 Å². The van der Waals surface area contributed by atoms with Gasteiger partial charge in [0.25, 0.3) is 5.91 Å². The van der Waals surface area contributed by atoms with E-state index in [-0.39, 0.29) is 11.8 Å². The van der Waals surface area contributed by atoms with Crippen LogP contribution >= 0.6 is 27.7 Å². The zero-order valence-corrected chi connectivity index (χ0v) is 17.1. The number of nitrogens with zero attached hydrogens (tertiary/aromatic N) is 2. The third-order valence-electron chi connectivity index (χ3n) is 5.49. The van der Waals surface area contributed by atoms with Crippen molar-refractivity contribution >= 4 is 44.7 Å². The van der Waals surface area contributed by atoms with Gasteiger partial charge in [-0.05, 0) is 24.5 Å². The molecule has 3 aliphatic rings. The van der Waals surface area contributed by atoms with E-state index >= 15 is 0 Å². The molecule has 1 aromatic rings. The molecule has 0 radical (unpaired) electrons. The number of piperidine rings is 1. The number of halogens is 1. The van der Waals surface area contributed by atoms with Gasteiger partial charge in [-0.2, -0.15) is 0 Å². The number of hydrogen-bond donors (Lipinski definition) is 1. The van der Waals surface area contributed by atoms with Crippen molar-refractivity contribution in [3.8, 4) is 5.75 Å². The van der Waals surface area contributed by atoms with Crippen LogP contribution in [0.3, 0.4) is 0 Å². The largest absolute Gasteiger partial charge is 0.487 e. The summed E-state index contributed by atoms with van der Waals surface area (Å²) in [5.74, 6) is 0.686. The van der Waals surface area contributed by atoms with E-state index in [2.05, 4.69) is 21.2 Å². The minimum Gasteiger partial charge on any atom is -0.487 e. The number of nitrogens with one attached hydrogen (secondary N) is 1. The van der Waals surface area contributed by atoms with Gasteiger partial charge < -0.3 is 15.0 Å². The zero-order valence-electron chi connectivity index (χ0n) is 14.7. The molecule has 1 fully saturated rings. The summed E-state index contributed by atoms with van der Waals surface area (Å²) in [4.78, 5) is 31.3. The summed E-state index contributed by atoms with van der Waals surface area (Å²) >= 11 is 4.93. The molecule has 6 nitrogen and oxygen atoms in total. The van der Waals surface area contributed by atoms with E-state index in [1.807, 2.05) is 29.4 Å². The Kier molecular flexibility index (Phi) is 4.30. The van der Waals surface area contributed by atoms with Gasteiger partial charge in [0.2, 0.25) is 5.91 Å². The van der Waals surface area contributed by atoms with E-state index < -0.39 is 11.1 Å². The van der Waals surface area contributed by atoms with Gasteiger partial charge in [0.15, 0.2) is 10.7 Å². The van der Waals surface area contributed by atoms with Gasteiger partial charge in [0, 0.05) is 49.3 Å². The number of fused-ring (bicyclic) bond motifs is 2. The van der Waals surface area contributed by atoms with Gasteiger partial charge in [0.05, 0.1) is 0 Å². The van der Waals surface area contributed by atoms with Gasteiger partial charge in [-0.3, -0.25) is 9.59 Å². The van der Waals surface area contributed by atoms with Crippen LogP contribution in [-0.2, 0) is 15.1 Å². The first kappa shape index (κ1) is 17.9. The number of carbonyl (C=O) groups is 2. The summed E-state index contributed by atoms with van der Waals surface area (Å²) in [6.45, 7) is 2.86. The van der Waals surface area contributed by atoms with Crippen molar-refractivity contribution < 1.29 is 14.3 Å². The molecule has 2 amide bonds. The predicted molar refractivity (Wildman–Crippen MR) is 104 cm³/mol. The number of ether oxygens (including phenoxy) is 1. The summed E-state index contributed by atoms with van der Waals surface area (Å²) in [7, 11) is 0. The highest BCUT2D eigenvalue weighted by Crippen LogP contribution is 2.51. The fraction of sp³-hybridized carbons (Fsp3) is 0.500. The number of amidine groups is 1. The first-order valence-electron chi connectivity index (χ1n) is 8.57. The normalized spacial score (nSPS) is 26.3. The molecule has 3 aliphatic heterocycles. The third kappa shape index (κ3) is 2.74. The summed E-state index contributed by atoms with van der Waals surface area (Å²) < 4.78 is 7.32. The van der Waals surface area contributed by atoms with Crippen LogP contribution in [0.25, 0.3) is 0 Å². The van der Waals surface area contributed by atoms with Crippen LogP contribution < -0.4 is 10.1 Å². The number of amides is 2. The SMILES string of the molecule is CSC1=NC2(CC3(CCN(C(C)=O)CC3)Oc3ccc(Br)cc32)C(=O)N1. The van der Waals surface area contributed by atoms with Gasteiger partial charge in [-0.1, -0.05) is 27.7 Å². The Morgan fingerprint density at radius 1 is 1.38 bits per heavy atom. The van der Waals surface area contributed by atoms with Crippen LogP contribution in [0.4, 0.5) is 0 Å². The van der Waals surface area contributed by atoms with E-state index in [1.165, 1.54) is 11.8 Å². The second kappa shape index (κ2) is 6.27. The fourth-order valence-corrected chi connectivity index (χ4v) is 4.91. The molecule has 0 aromatic heterocycles. The smallest absolute Gasteiger partial charge is 0.258 e. The molecule has 26 heavy (non-hydrogen) atoms. The quantitative estimate of drug-likeness (QED) is 0.676. The van der Waals surface area contributed by atoms with Crippen molar-refractivity contribution in [2.75, 3.05) is 19.3 Å². The lowest BCUT2D eigenvalue weighted by Gasteiger charge is -2.48. The predicted octanol–water partition coefficient (Wildman–Crippen LogP) is 2.66. The second-order valence-corrected chi connectivity index (χ2v) is 8.75. The van der Waals surface area contributed by atoms with Crippen molar-refractivity contribution in [1.29, 1.82) is 0 Å². The van der Waals surface area contributed by atoms with E-state index in [0.717, 1.165) is 10.0 Å². The second-order valence-electron chi connectivity index (χ2n) is 7.04. The first-order valence-corrected chi connectivity index (χ1v) is 10.6. The van der Waals surface area contributed by atoms with Crippen molar-refractivity contribution in [2.24, 2.45) is 4.99 Å². The van der Waals surface area contributed by atoms with Crippen LogP contribution in [-0.4, -0.2) is 46.8 Å². The van der Waals surface area contributed by atoms with Gasteiger partial charge in [-0.15, -0.1) is 0 Å². The summed E-state index contributed by atoms with van der Waals surface area (Å²) in [5.41, 5.74) is -0.650. The Morgan fingerprint density at radius 3 is 2.73 bits per heavy atom. The Balaban J connectivity index is 1.77. The average Bonchev–Trinajstić information content (AvgIpc) is 2.92. The van der Waals surface area contributed by atoms with Crippen molar-refractivity contribution in [3.05, 3.63) is 28.2 Å². The lowest BCUT2D eigenvalue weighted by molar-refractivity contribution is -0.136. The highest BCUT2D eigenvalue weighted by atomic mass is 79.9. The molecule has 2 spiro atoms. The van der Waals surface area contributed by atoms with E-state index in [9.17, 15) is 9.59 Å². The van der Waals surface area contributed by atoms with Crippen LogP contribution in [0.5, 0.6) is 5.75 Å². The summed E-state index contributed by atoms with van der Waals surface area (Å²) in [6, 6.07) is 5.75. The maximum atomic E-state index is 13.0. The lowest BCUT2D eigenvalue weighted by Crippen LogP contribution is -2.56. The highest BCUT2D eigenvalue weighted by Gasteiger charge is 2.57. The maximum Gasteiger partial charge on any atom is 0.258 e. The maximum absolute atomic E-state index is 13.0. The monoisotopic (exact) mass is 437 g/mol. The Morgan fingerprint density at radius 2 is 2.12 bits per heavy atom. The van der Waals surface area contributed by atoms with Gasteiger partial charge >= 0.3 is 0 Å². The molecule has 0 saturated carbocycles. The number of likely N-dealkylation sites (tertiary alicyclic amines) is 1. The van der Waals surface area contributed by atoms with Crippen LogP contribution in [0.2, 0.25) is 0 Å². The number of thioether (sulfide) groups is 1. The number of carbonyl (C=O) groups excluding carboxylic acids is 2. The molecule has 1 saturated heterocycles. The lowest BCUT2D eigenvalue weighted by atomic mass is 9.73. The fourth-order valence-electron chi connectivity index (χ4n) is 4.10. The molecule has 8 heteroatoms. The van der Waals surface area contributed by atoms with Crippen molar-refractivity contribution in [3.63, 3.8) is 0 Å². The molecule has 1 unspecified atom stereocenters. The molecule has 1 aromatic carbocycles. The standard InChI is InChI=1S/C18H20BrN3O3S/c1-11(23)22-7-5-17(6-8-22)10-18(15(24)20-16(21-18)26-2)13-9-12(19)3-4-14(13)25-17/h3-4,9H,5-8,10H2,1-2H3,(H,20,21,24). The van der Waals surface area contributed by atoms with E-state index in [4.69, 9.17) is 9.73 Å². The first-order chi connectivity index (χ1) is 12.4. The third-order valence-corrected chi connectivity index (χ3v) is 6.57. The minimum atomic E-state index is -0.964. The minimum absolute atomic E-state index is 0.0796. The van der Waals surface area contributed by atoms with Gasteiger partial charge in [0.1, 0.15) is 11.4 Å². The average molecular weight is 438 g/mol. The van der Waals surface area contributed by atoms with Crippen LogP contribution in [0.15, 0.2) is 27.7 Å². The Hall–Kier alpha value is -1.54. The Labute approximate surface area is 164 Å². The molecule has 3 heterocycles. The molecule has 1 atom stereocenters. The van der Waals surface area contributed by atoms with Crippen LogP contribution in [0, 0.1) is 0 Å². The van der Waals surface area contributed by atoms with Crippen molar-refractivity contribution in [1.82, 2.24) is 10.2 Å². The summed E-state index contributed by atoms with van der Waals surface area (Å²) in [6.07, 6.45) is 3.79. The molecule has 138 valence electrons. The molecule has 0 bridgehead atoms. The number of benzene rings is 1. The van der Waals surface area contributed by atoms with Crippen LogP contribution in [0.1, 0.15) is 31.7 Å². The topological polar surface area (TPSA) is 71.0 Å². The molecule has 1 N–H and O–H groups in total. The number of hydrogen-bond acceptors (Lipinski definition) is 5. The summed E-state index contributed by atoms with van der Waals surface area (Å²) in [5, 5.41) is 3.55. The number of rotatable bonds is 0. The zero-order chi connectivity index (χ0) is 18.5. The molecular weight excluding hydrogens is 418 g/mol. The van der Waals surface area contributed by atoms with E-state index in [1.54, 1.807) is 6.92 Å². The number of aliphatic imine (C=N–C) groups is 1.